The molecule has 0 saturated carbocycles. The molecule has 0 aliphatic carbocycles. The van der Waals surface area contributed by atoms with Crippen molar-refractivity contribution in [2.75, 3.05) is 13.2 Å². The molecule has 166 valence electrons. The molecule has 31 heavy (non-hydrogen) atoms. The van der Waals surface area contributed by atoms with E-state index in [0.29, 0.717) is 12.0 Å². The number of ether oxygens (including phenoxy) is 1. The highest BCUT2D eigenvalue weighted by Gasteiger charge is 2.27. The molecule has 2 N–H and O–H groups in total. The predicted molar refractivity (Wildman–Crippen MR) is 121 cm³/mol. The van der Waals surface area contributed by atoms with Crippen LogP contribution in [0.4, 0.5) is 0 Å². The van der Waals surface area contributed by atoms with E-state index in [2.05, 4.69) is 10.6 Å². The summed E-state index contributed by atoms with van der Waals surface area (Å²) in [6.07, 6.45) is 0.460. The van der Waals surface area contributed by atoms with E-state index in [0.717, 1.165) is 11.1 Å². The maximum absolute atomic E-state index is 12.9. The molecular weight excluding hydrogens is 392 g/mol. The Balaban J connectivity index is 2.05. The van der Waals surface area contributed by atoms with E-state index in [-0.39, 0.29) is 36.9 Å². The molecule has 2 amide bonds. The van der Waals surface area contributed by atoms with Gasteiger partial charge in [0.1, 0.15) is 6.04 Å². The van der Waals surface area contributed by atoms with E-state index in [9.17, 15) is 14.4 Å². The molecule has 6 heteroatoms. The minimum atomic E-state index is -0.715. The minimum absolute atomic E-state index is 0.121. The van der Waals surface area contributed by atoms with Crippen molar-refractivity contribution in [3.05, 3.63) is 71.3 Å². The topological polar surface area (TPSA) is 84.5 Å². The summed E-state index contributed by atoms with van der Waals surface area (Å²) in [6, 6.07) is 16.1. The number of nitrogens with one attached hydrogen (secondary N) is 2. The number of carbonyl (C=O) groups excluding carboxylic acids is 3. The van der Waals surface area contributed by atoms with Gasteiger partial charge in [-0.05, 0) is 43.9 Å². The Hall–Kier alpha value is -3.15. The van der Waals surface area contributed by atoms with E-state index in [1.807, 2.05) is 63.2 Å². The monoisotopic (exact) mass is 424 g/mol. The number of amides is 2. The van der Waals surface area contributed by atoms with Crippen LogP contribution in [0.15, 0.2) is 54.6 Å². The van der Waals surface area contributed by atoms with Gasteiger partial charge in [0.2, 0.25) is 5.91 Å². The number of carbonyl (C=O) groups is 3. The van der Waals surface area contributed by atoms with Gasteiger partial charge >= 0.3 is 5.97 Å². The van der Waals surface area contributed by atoms with Crippen molar-refractivity contribution in [3.8, 4) is 0 Å². The summed E-state index contributed by atoms with van der Waals surface area (Å²) in [5.41, 5.74) is 2.46. The Morgan fingerprint density at radius 1 is 1.00 bits per heavy atom. The SMILES string of the molecule is CCOC(=O)[C@@H](CNC(=O)[C@H](NC(=O)c1cccc(C)c1)C(C)C)Cc1ccccc1. The summed E-state index contributed by atoms with van der Waals surface area (Å²) in [5.74, 6) is -1.60. The maximum atomic E-state index is 12.9. The highest BCUT2D eigenvalue weighted by Crippen LogP contribution is 2.12. The number of benzene rings is 2. The first-order valence-electron chi connectivity index (χ1n) is 10.7. The summed E-state index contributed by atoms with van der Waals surface area (Å²) >= 11 is 0. The van der Waals surface area contributed by atoms with E-state index in [4.69, 9.17) is 4.74 Å². The van der Waals surface area contributed by atoms with Gasteiger partial charge in [0.05, 0.1) is 12.5 Å². The number of esters is 1. The second kappa shape index (κ2) is 11.9. The number of aryl methyl sites for hydroxylation is 1. The fraction of sp³-hybridized carbons (Fsp3) is 0.400. The first-order chi connectivity index (χ1) is 14.8. The summed E-state index contributed by atoms with van der Waals surface area (Å²) < 4.78 is 5.19. The fourth-order valence-corrected chi connectivity index (χ4v) is 3.28. The second-order valence-corrected chi connectivity index (χ2v) is 7.95. The Labute approximate surface area is 184 Å². The summed E-state index contributed by atoms with van der Waals surface area (Å²) in [4.78, 5) is 37.9. The van der Waals surface area contributed by atoms with E-state index >= 15 is 0 Å². The molecule has 0 aliphatic rings. The molecule has 2 atom stereocenters. The van der Waals surface area contributed by atoms with Crippen molar-refractivity contribution in [3.63, 3.8) is 0 Å². The molecule has 0 fully saturated rings. The van der Waals surface area contributed by atoms with Gasteiger partial charge in [-0.3, -0.25) is 14.4 Å². The highest BCUT2D eigenvalue weighted by molar-refractivity contribution is 5.97. The van der Waals surface area contributed by atoms with Gasteiger partial charge in [-0.1, -0.05) is 61.9 Å². The van der Waals surface area contributed by atoms with Crippen LogP contribution in [0.25, 0.3) is 0 Å². The van der Waals surface area contributed by atoms with E-state index in [1.54, 1.807) is 19.1 Å². The molecule has 0 heterocycles. The van der Waals surface area contributed by atoms with E-state index in [1.165, 1.54) is 0 Å². The summed E-state index contributed by atoms with van der Waals surface area (Å²) in [7, 11) is 0. The van der Waals surface area contributed by atoms with Crippen LogP contribution in [-0.4, -0.2) is 37.0 Å². The zero-order valence-corrected chi connectivity index (χ0v) is 18.7. The van der Waals surface area contributed by atoms with Crippen LogP contribution < -0.4 is 10.6 Å². The van der Waals surface area contributed by atoms with Gasteiger partial charge in [0, 0.05) is 12.1 Å². The lowest BCUT2D eigenvalue weighted by Crippen LogP contribution is -2.51. The first kappa shape index (κ1) is 24.1. The largest absolute Gasteiger partial charge is 0.466 e. The molecule has 0 aromatic heterocycles. The van der Waals surface area contributed by atoms with Crippen molar-refractivity contribution >= 4 is 17.8 Å². The molecule has 0 radical (unpaired) electrons. The highest BCUT2D eigenvalue weighted by atomic mass is 16.5. The third-order valence-corrected chi connectivity index (χ3v) is 4.98. The standard InChI is InChI=1S/C25H32N2O4/c1-5-31-25(30)21(15-19-11-7-6-8-12-19)16-26-24(29)22(17(2)3)27-23(28)20-13-9-10-18(4)14-20/h6-14,17,21-22H,5,15-16H2,1-4H3,(H,26,29)(H,27,28)/t21-,22-/m1/s1. The summed E-state index contributed by atoms with van der Waals surface area (Å²) in [5, 5.41) is 5.66. The third-order valence-electron chi connectivity index (χ3n) is 4.98. The lowest BCUT2D eigenvalue weighted by Gasteiger charge is -2.23. The Morgan fingerprint density at radius 2 is 1.71 bits per heavy atom. The normalized spacial score (nSPS) is 12.7. The van der Waals surface area contributed by atoms with Crippen molar-refractivity contribution in [1.82, 2.24) is 10.6 Å². The zero-order valence-electron chi connectivity index (χ0n) is 18.7. The predicted octanol–water partition coefficient (Wildman–Crippen LogP) is 3.29. The zero-order chi connectivity index (χ0) is 22.8. The lowest BCUT2D eigenvalue weighted by molar-refractivity contribution is -0.147. The average Bonchev–Trinajstić information content (AvgIpc) is 2.75. The molecule has 0 spiro atoms. The van der Waals surface area contributed by atoms with Gasteiger partial charge in [-0.2, -0.15) is 0 Å². The van der Waals surface area contributed by atoms with Crippen molar-refractivity contribution in [2.45, 2.75) is 40.2 Å². The van der Waals surface area contributed by atoms with Crippen LogP contribution in [-0.2, 0) is 20.7 Å². The number of rotatable bonds is 10. The van der Waals surface area contributed by atoms with E-state index < -0.39 is 12.0 Å². The minimum Gasteiger partial charge on any atom is -0.466 e. The third kappa shape index (κ3) is 7.55. The van der Waals surface area contributed by atoms with Crippen LogP contribution >= 0.6 is 0 Å². The summed E-state index contributed by atoms with van der Waals surface area (Å²) in [6.45, 7) is 7.81. The fourth-order valence-electron chi connectivity index (χ4n) is 3.28. The molecule has 0 bridgehead atoms. The van der Waals surface area contributed by atoms with Gasteiger partial charge in [-0.25, -0.2) is 0 Å². The molecule has 6 nitrogen and oxygen atoms in total. The van der Waals surface area contributed by atoms with Gasteiger partial charge < -0.3 is 15.4 Å². The number of hydrogen-bond acceptors (Lipinski definition) is 4. The van der Waals surface area contributed by atoms with Crippen LogP contribution in [0.1, 0.15) is 42.3 Å². The Kier molecular flexibility index (Phi) is 9.25. The Morgan fingerprint density at radius 3 is 2.32 bits per heavy atom. The van der Waals surface area contributed by atoms with Crippen molar-refractivity contribution < 1.29 is 19.1 Å². The molecular formula is C25H32N2O4. The molecule has 2 rings (SSSR count). The first-order valence-corrected chi connectivity index (χ1v) is 10.7. The van der Waals surface area contributed by atoms with Crippen LogP contribution in [0.2, 0.25) is 0 Å². The van der Waals surface area contributed by atoms with Crippen LogP contribution in [0.5, 0.6) is 0 Å². The lowest BCUT2D eigenvalue weighted by atomic mass is 9.98. The molecule has 0 unspecified atom stereocenters. The van der Waals surface area contributed by atoms with Gasteiger partial charge in [0.15, 0.2) is 0 Å². The molecule has 0 saturated heterocycles. The quantitative estimate of drug-likeness (QED) is 0.573. The molecule has 0 aliphatic heterocycles. The smallest absolute Gasteiger partial charge is 0.311 e. The van der Waals surface area contributed by atoms with Crippen LogP contribution in [0, 0.1) is 18.8 Å². The van der Waals surface area contributed by atoms with Gasteiger partial charge in [0.25, 0.3) is 5.91 Å². The molecule has 2 aromatic rings. The number of hydrogen-bond donors (Lipinski definition) is 2. The maximum Gasteiger partial charge on any atom is 0.311 e. The average molecular weight is 425 g/mol. The van der Waals surface area contributed by atoms with Gasteiger partial charge in [-0.15, -0.1) is 0 Å². The Bertz CT molecular complexity index is 880. The van der Waals surface area contributed by atoms with Crippen molar-refractivity contribution in [1.29, 1.82) is 0 Å². The molecule has 2 aromatic carbocycles. The van der Waals surface area contributed by atoms with Crippen molar-refractivity contribution in [2.24, 2.45) is 11.8 Å². The second-order valence-electron chi connectivity index (χ2n) is 7.95. The van der Waals surface area contributed by atoms with Crippen LogP contribution in [0.3, 0.4) is 0 Å².